The van der Waals surface area contributed by atoms with Crippen LogP contribution in [0.2, 0.25) is 0 Å². The summed E-state index contributed by atoms with van der Waals surface area (Å²) in [5, 5.41) is 11.4. The van der Waals surface area contributed by atoms with Gasteiger partial charge in [0.15, 0.2) is 0 Å². The Bertz CT molecular complexity index is 465. The van der Waals surface area contributed by atoms with Crippen molar-refractivity contribution in [3.8, 4) is 11.3 Å². The normalized spacial score (nSPS) is 10.1. The summed E-state index contributed by atoms with van der Waals surface area (Å²) in [5.41, 5.74) is 3.03. The Morgan fingerprint density at radius 2 is 2.06 bits per heavy atom. The molecule has 2 heterocycles. The van der Waals surface area contributed by atoms with Crippen LogP contribution in [0.4, 0.5) is 5.82 Å². The SMILES string of the molecule is CCNc1ccc(-c2cnccc2C)nn1. The lowest BCUT2D eigenvalue weighted by molar-refractivity contribution is 1.01. The predicted octanol–water partition coefficient (Wildman–Crippen LogP) is 2.28. The van der Waals surface area contributed by atoms with Crippen molar-refractivity contribution in [3.05, 3.63) is 36.2 Å². The summed E-state index contributed by atoms with van der Waals surface area (Å²) in [7, 11) is 0. The maximum Gasteiger partial charge on any atom is 0.148 e. The van der Waals surface area contributed by atoms with Crippen LogP contribution in [0.5, 0.6) is 0 Å². The van der Waals surface area contributed by atoms with E-state index in [4.69, 9.17) is 0 Å². The van der Waals surface area contributed by atoms with E-state index in [1.54, 1.807) is 6.20 Å². The molecule has 0 saturated heterocycles. The van der Waals surface area contributed by atoms with Gasteiger partial charge in [0.25, 0.3) is 0 Å². The topological polar surface area (TPSA) is 50.7 Å². The van der Waals surface area contributed by atoms with Gasteiger partial charge in [-0.25, -0.2) is 0 Å². The monoisotopic (exact) mass is 214 g/mol. The van der Waals surface area contributed by atoms with Gasteiger partial charge in [0.05, 0.1) is 5.69 Å². The number of anilines is 1. The second-order valence-electron chi connectivity index (χ2n) is 3.52. The lowest BCUT2D eigenvalue weighted by Gasteiger charge is -2.04. The summed E-state index contributed by atoms with van der Waals surface area (Å²) in [6, 6.07) is 5.85. The van der Waals surface area contributed by atoms with Crippen molar-refractivity contribution >= 4 is 5.82 Å². The molecule has 2 aromatic heterocycles. The molecule has 0 aromatic carbocycles. The minimum atomic E-state index is 0.799. The van der Waals surface area contributed by atoms with Crippen LogP contribution < -0.4 is 5.32 Å². The molecule has 0 aliphatic heterocycles. The summed E-state index contributed by atoms with van der Waals surface area (Å²) in [6.45, 7) is 4.91. The van der Waals surface area contributed by atoms with Gasteiger partial charge in [-0.3, -0.25) is 4.98 Å². The molecule has 0 fully saturated rings. The lowest BCUT2D eigenvalue weighted by atomic mass is 10.1. The zero-order valence-electron chi connectivity index (χ0n) is 9.44. The van der Waals surface area contributed by atoms with E-state index in [1.807, 2.05) is 38.2 Å². The summed E-state index contributed by atoms with van der Waals surface area (Å²) < 4.78 is 0. The molecule has 0 aliphatic carbocycles. The van der Waals surface area contributed by atoms with Gasteiger partial charge in [-0.2, -0.15) is 0 Å². The first-order valence-corrected chi connectivity index (χ1v) is 5.30. The number of pyridine rings is 1. The van der Waals surface area contributed by atoms with E-state index >= 15 is 0 Å². The second kappa shape index (κ2) is 4.70. The van der Waals surface area contributed by atoms with E-state index in [9.17, 15) is 0 Å². The van der Waals surface area contributed by atoms with Gasteiger partial charge < -0.3 is 5.32 Å². The fourth-order valence-electron chi connectivity index (χ4n) is 1.48. The van der Waals surface area contributed by atoms with E-state index < -0.39 is 0 Å². The Hall–Kier alpha value is -1.97. The summed E-state index contributed by atoms with van der Waals surface area (Å²) in [6.07, 6.45) is 3.59. The summed E-state index contributed by atoms with van der Waals surface area (Å²) in [4.78, 5) is 4.10. The number of nitrogens with zero attached hydrogens (tertiary/aromatic N) is 3. The average molecular weight is 214 g/mol. The molecule has 82 valence electrons. The zero-order valence-corrected chi connectivity index (χ0v) is 9.44. The molecule has 0 spiro atoms. The largest absolute Gasteiger partial charge is 0.369 e. The van der Waals surface area contributed by atoms with Crippen LogP contribution in [0.25, 0.3) is 11.3 Å². The van der Waals surface area contributed by atoms with Gasteiger partial charge in [-0.15, -0.1) is 10.2 Å². The zero-order chi connectivity index (χ0) is 11.4. The first-order valence-electron chi connectivity index (χ1n) is 5.30. The first-order chi connectivity index (χ1) is 7.81. The van der Waals surface area contributed by atoms with Crippen molar-refractivity contribution in [2.24, 2.45) is 0 Å². The van der Waals surface area contributed by atoms with Gasteiger partial charge in [-0.05, 0) is 37.6 Å². The van der Waals surface area contributed by atoms with Crippen molar-refractivity contribution in [2.75, 3.05) is 11.9 Å². The van der Waals surface area contributed by atoms with Gasteiger partial charge >= 0.3 is 0 Å². The third kappa shape index (κ3) is 2.16. The van der Waals surface area contributed by atoms with Crippen molar-refractivity contribution in [1.82, 2.24) is 15.2 Å². The molecule has 0 bridgehead atoms. The number of hydrogen-bond donors (Lipinski definition) is 1. The quantitative estimate of drug-likeness (QED) is 0.851. The molecular weight excluding hydrogens is 200 g/mol. The highest BCUT2D eigenvalue weighted by molar-refractivity contribution is 5.62. The van der Waals surface area contributed by atoms with E-state index in [2.05, 4.69) is 20.5 Å². The fraction of sp³-hybridized carbons (Fsp3) is 0.250. The first kappa shape index (κ1) is 10.5. The van der Waals surface area contributed by atoms with Crippen molar-refractivity contribution in [2.45, 2.75) is 13.8 Å². The number of aryl methyl sites for hydroxylation is 1. The molecule has 0 saturated carbocycles. The average Bonchev–Trinajstić information content (AvgIpc) is 2.31. The van der Waals surface area contributed by atoms with Crippen LogP contribution in [0.3, 0.4) is 0 Å². The lowest BCUT2D eigenvalue weighted by Crippen LogP contribution is -2.00. The number of aromatic nitrogens is 3. The Morgan fingerprint density at radius 1 is 1.19 bits per heavy atom. The van der Waals surface area contributed by atoms with Crippen LogP contribution in [-0.4, -0.2) is 21.7 Å². The van der Waals surface area contributed by atoms with Crippen molar-refractivity contribution in [1.29, 1.82) is 0 Å². The summed E-state index contributed by atoms with van der Waals surface area (Å²) >= 11 is 0. The minimum absolute atomic E-state index is 0.799. The smallest absolute Gasteiger partial charge is 0.148 e. The molecular formula is C12H14N4. The van der Waals surface area contributed by atoms with Gasteiger partial charge in [-0.1, -0.05) is 0 Å². The van der Waals surface area contributed by atoms with Gasteiger partial charge in [0.1, 0.15) is 5.82 Å². The van der Waals surface area contributed by atoms with E-state index in [-0.39, 0.29) is 0 Å². The highest BCUT2D eigenvalue weighted by atomic mass is 15.2. The highest BCUT2D eigenvalue weighted by Gasteiger charge is 2.03. The molecule has 2 rings (SSSR count). The molecule has 0 amide bonds. The molecule has 4 heteroatoms. The Labute approximate surface area is 94.8 Å². The van der Waals surface area contributed by atoms with Crippen molar-refractivity contribution in [3.63, 3.8) is 0 Å². The molecule has 16 heavy (non-hydrogen) atoms. The van der Waals surface area contributed by atoms with Gasteiger partial charge in [0.2, 0.25) is 0 Å². The number of rotatable bonds is 3. The van der Waals surface area contributed by atoms with Crippen LogP contribution >= 0.6 is 0 Å². The molecule has 0 atom stereocenters. The molecule has 0 radical (unpaired) electrons. The van der Waals surface area contributed by atoms with E-state index in [0.717, 1.165) is 29.2 Å². The molecule has 1 N–H and O–H groups in total. The third-order valence-electron chi connectivity index (χ3n) is 2.34. The van der Waals surface area contributed by atoms with Crippen molar-refractivity contribution < 1.29 is 0 Å². The maximum absolute atomic E-state index is 4.18. The number of nitrogens with one attached hydrogen (secondary N) is 1. The van der Waals surface area contributed by atoms with Crippen LogP contribution in [0, 0.1) is 6.92 Å². The molecule has 0 unspecified atom stereocenters. The Morgan fingerprint density at radius 3 is 2.69 bits per heavy atom. The predicted molar refractivity (Wildman–Crippen MR) is 64.2 cm³/mol. The van der Waals surface area contributed by atoms with Gasteiger partial charge in [0, 0.05) is 24.5 Å². The Balaban J connectivity index is 2.31. The fourth-order valence-corrected chi connectivity index (χ4v) is 1.48. The number of hydrogen-bond acceptors (Lipinski definition) is 4. The minimum Gasteiger partial charge on any atom is -0.369 e. The molecule has 0 aliphatic rings. The molecule has 2 aromatic rings. The standard InChI is InChI=1S/C12H14N4/c1-3-14-12-5-4-11(15-16-12)10-8-13-7-6-9(10)2/h4-8H,3H2,1-2H3,(H,14,16). The van der Waals surface area contributed by atoms with E-state index in [0.29, 0.717) is 0 Å². The van der Waals surface area contributed by atoms with E-state index in [1.165, 1.54) is 0 Å². The Kier molecular flexibility index (Phi) is 3.10. The third-order valence-corrected chi connectivity index (χ3v) is 2.34. The van der Waals surface area contributed by atoms with Crippen LogP contribution in [0.1, 0.15) is 12.5 Å². The highest BCUT2D eigenvalue weighted by Crippen LogP contribution is 2.19. The van der Waals surface area contributed by atoms with Crippen LogP contribution in [0.15, 0.2) is 30.6 Å². The van der Waals surface area contributed by atoms with Crippen LogP contribution in [-0.2, 0) is 0 Å². The summed E-state index contributed by atoms with van der Waals surface area (Å²) in [5.74, 6) is 0.799. The maximum atomic E-state index is 4.18. The molecule has 4 nitrogen and oxygen atoms in total. The second-order valence-corrected chi connectivity index (χ2v) is 3.52.